The van der Waals surface area contributed by atoms with Crippen LogP contribution in [0.1, 0.15) is 38.9 Å². The number of nitrogens with zero attached hydrogens (tertiary/aromatic N) is 3. The number of nitrogens with one attached hydrogen (secondary N) is 1. The molecule has 2 aromatic heterocycles. The zero-order chi connectivity index (χ0) is 25.0. The first kappa shape index (κ1) is 23.3. The second kappa shape index (κ2) is 9.07. The van der Waals surface area contributed by atoms with Crippen LogP contribution in [-0.2, 0) is 19.5 Å². The second-order valence-corrected chi connectivity index (χ2v) is 11.1. The molecule has 1 atom stereocenters. The molecule has 4 heterocycles. The van der Waals surface area contributed by atoms with Crippen molar-refractivity contribution in [2.45, 2.75) is 32.5 Å². The van der Waals surface area contributed by atoms with Crippen LogP contribution in [-0.4, -0.2) is 34.0 Å². The molecular formula is C28H26ClFN4OS. The van der Waals surface area contributed by atoms with Crippen molar-refractivity contribution in [3.8, 4) is 5.00 Å². The number of benzene rings is 2. The molecule has 5 nitrogen and oxygen atoms in total. The molecule has 2 amide bonds. The Kier molecular flexibility index (Phi) is 5.86. The van der Waals surface area contributed by atoms with E-state index in [2.05, 4.69) is 28.0 Å². The number of hydrogen-bond acceptors (Lipinski definition) is 3. The molecule has 0 saturated carbocycles. The number of urea groups is 1. The normalized spacial score (nSPS) is 17.2. The number of halogens is 2. The van der Waals surface area contributed by atoms with Crippen molar-refractivity contribution >= 4 is 34.7 Å². The van der Waals surface area contributed by atoms with Crippen LogP contribution >= 0.6 is 22.9 Å². The Hall–Kier alpha value is -3.13. The third-order valence-corrected chi connectivity index (χ3v) is 8.64. The zero-order valence-electron chi connectivity index (χ0n) is 20.1. The summed E-state index contributed by atoms with van der Waals surface area (Å²) in [5.41, 5.74) is 5.95. The lowest BCUT2D eigenvalue weighted by Gasteiger charge is -2.32. The van der Waals surface area contributed by atoms with Gasteiger partial charge < -0.3 is 19.7 Å². The fraction of sp³-hybridized carbons (Fsp3) is 0.250. The monoisotopic (exact) mass is 520 g/mol. The number of fused-ring (bicyclic) bond motifs is 5. The molecule has 4 aromatic rings. The van der Waals surface area contributed by atoms with Crippen LogP contribution in [0.5, 0.6) is 0 Å². The fourth-order valence-electron chi connectivity index (χ4n) is 5.26. The lowest BCUT2D eigenvalue weighted by molar-refractivity contribution is 0.194. The molecule has 8 heteroatoms. The van der Waals surface area contributed by atoms with E-state index in [1.54, 1.807) is 23.5 Å². The molecule has 1 N–H and O–H groups in total. The van der Waals surface area contributed by atoms with Gasteiger partial charge in [-0.05, 0) is 73.5 Å². The standard InChI is InChI=1S/C28H26ClFN4OS/c1-17-5-10-23(22(29)14-17)31-28(35)34-15-21-20-11-13-32(2)16-25(20)36-27(21)33-12-3-4-24(33)26(34)18-6-8-19(30)9-7-18/h3-10,12,14,26H,11,13,15-16H2,1-2H3,(H,31,35)/t26-/m0/s1. The summed E-state index contributed by atoms with van der Waals surface area (Å²) in [6.07, 6.45) is 3.02. The summed E-state index contributed by atoms with van der Waals surface area (Å²) in [4.78, 5) is 19.5. The minimum atomic E-state index is -0.397. The second-order valence-electron chi connectivity index (χ2n) is 9.57. The number of rotatable bonds is 2. The lowest BCUT2D eigenvalue weighted by atomic mass is 10.0. The summed E-state index contributed by atoms with van der Waals surface area (Å²) < 4.78 is 16.1. The van der Waals surface area contributed by atoms with E-state index in [1.807, 2.05) is 42.2 Å². The summed E-state index contributed by atoms with van der Waals surface area (Å²) in [5, 5.41) is 4.70. The third-order valence-electron chi connectivity index (χ3n) is 7.07. The van der Waals surface area contributed by atoms with Crippen molar-refractivity contribution in [3.63, 3.8) is 0 Å². The first-order valence-electron chi connectivity index (χ1n) is 12.0. The topological polar surface area (TPSA) is 40.5 Å². The third kappa shape index (κ3) is 4.01. The Bertz CT molecular complexity index is 1460. The predicted octanol–water partition coefficient (Wildman–Crippen LogP) is 6.76. The van der Waals surface area contributed by atoms with Gasteiger partial charge in [0.1, 0.15) is 10.8 Å². The molecule has 0 aliphatic carbocycles. The van der Waals surface area contributed by atoms with Gasteiger partial charge in [0.25, 0.3) is 0 Å². The van der Waals surface area contributed by atoms with Crippen molar-refractivity contribution in [2.75, 3.05) is 18.9 Å². The Morgan fingerprint density at radius 2 is 1.92 bits per heavy atom. The maximum atomic E-state index is 14.0. The molecule has 6 rings (SSSR count). The number of carbonyl (C=O) groups excluding carboxylic acids is 1. The van der Waals surface area contributed by atoms with Crippen LogP contribution in [0.15, 0.2) is 60.8 Å². The van der Waals surface area contributed by atoms with Gasteiger partial charge in [0.2, 0.25) is 0 Å². The molecule has 2 aromatic carbocycles. The van der Waals surface area contributed by atoms with E-state index in [9.17, 15) is 9.18 Å². The molecule has 0 bridgehead atoms. The van der Waals surface area contributed by atoms with Gasteiger partial charge in [-0.3, -0.25) is 0 Å². The molecule has 0 fully saturated rings. The number of aryl methyl sites for hydroxylation is 1. The highest BCUT2D eigenvalue weighted by Crippen LogP contribution is 2.43. The predicted molar refractivity (Wildman–Crippen MR) is 143 cm³/mol. The highest BCUT2D eigenvalue weighted by molar-refractivity contribution is 7.15. The maximum Gasteiger partial charge on any atom is 0.323 e. The Balaban J connectivity index is 1.49. The van der Waals surface area contributed by atoms with Gasteiger partial charge in [-0.15, -0.1) is 11.3 Å². The molecule has 0 spiro atoms. The van der Waals surface area contributed by atoms with E-state index in [4.69, 9.17) is 11.6 Å². The Labute approximate surface area is 218 Å². The van der Waals surface area contributed by atoms with Crippen molar-refractivity contribution in [3.05, 3.63) is 104 Å². The van der Waals surface area contributed by atoms with Gasteiger partial charge in [-0.2, -0.15) is 0 Å². The van der Waals surface area contributed by atoms with E-state index < -0.39 is 6.04 Å². The van der Waals surface area contributed by atoms with Crippen LogP contribution in [0.25, 0.3) is 5.00 Å². The highest BCUT2D eigenvalue weighted by atomic mass is 35.5. The number of carbonyl (C=O) groups is 1. The number of amides is 2. The summed E-state index contributed by atoms with van der Waals surface area (Å²) in [6, 6.07) is 15.4. The Morgan fingerprint density at radius 3 is 2.69 bits per heavy atom. The van der Waals surface area contributed by atoms with E-state index in [1.165, 1.54) is 28.1 Å². The van der Waals surface area contributed by atoms with Gasteiger partial charge in [0, 0.05) is 29.7 Å². The van der Waals surface area contributed by atoms with Crippen LogP contribution in [0.3, 0.4) is 0 Å². The van der Waals surface area contributed by atoms with Gasteiger partial charge in [0.05, 0.1) is 29.0 Å². The van der Waals surface area contributed by atoms with Gasteiger partial charge in [0.15, 0.2) is 0 Å². The summed E-state index contributed by atoms with van der Waals surface area (Å²) in [6.45, 7) is 4.31. The molecule has 184 valence electrons. The molecule has 2 aliphatic heterocycles. The molecule has 2 aliphatic rings. The van der Waals surface area contributed by atoms with Crippen molar-refractivity contribution in [1.82, 2.24) is 14.4 Å². The van der Waals surface area contributed by atoms with Gasteiger partial charge in [-0.25, -0.2) is 9.18 Å². The van der Waals surface area contributed by atoms with E-state index in [0.717, 1.165) is 41.3 Å². The van der Waals surface area contributed by atoms with Crippen molar-refractivity contribution in [1.29, 1.82) is 0 Å². The van der Waals surface area contributed by atoms with E-state index >= 15 is 0 Å². The average molecular weight is 521 g/mol. The number of thiophene rings is 1. The van der Waals surface area contributed by atoms with Crippen LogP contribution in [0.4, 0.5) is 14.9 Å². The summed E-state index contributed by atoms with van der Waals surface area (Å²) in [5.74, 6) is -0.303. The van der Waals surface area contributed by atoms with Crippen LogP contribution in [0, 0.1) is 12.7 Å². The van der Waals surface area contributed by atoms with E-state index in [0.29, 0.717) is 17.3 Å². The smallest absolute Gasteiger partial charge is 0.310 e. The molecule has 36 heavy (non-hydrogen) atoms. The van der Waals surface area contributed by atoms with E-state index in [-0.39, 0.29) is 11.8 Å². The van der Waals surface area contributed by atoms with Gasteiger partial charge >= 0.3 is 6.03 Å². The first-order valence-corrected chi connectivity index (χ1v) is 13.2. The SMILES string of the molecule is Cc1ccc(NC(=O)N2Cc3c(sc4c3CCN(C)C4)-n3cccc3[C@@H]2c2ccc(F)cc2)c(Cl)c1. The number of hydrogen-bond donors (Lipinski definition) is 1. The van der Waals surface area contributed by atoms with Crippen LogP contribution in [0.2, 0.25) is 5.02 Å². The fourth-order valence-corrected chi connectivity index (χ4v) is 6.98. The first-order chi connectivity index (χ1) is 17.4. The highest BCUT2D eigenvalue weighted by Gasteiger charge is 2.36. The maximum absolute atomic E-state index is 14.0. The number of anilines is 1. The minimum absolute atomic E-state index is 0.247. The average Bonchev–Trinajstić information content (AvgIpc) is 3.43. The molecule has 0 radical (unpaired) electrons. The molecular weight excluding hydrogens is 495 g/mol. The minimum Gasteiger partial charge on any atom is -0.310 e. The van der Waals surface area contributed by atoms with Crippen molar-refractivity contribution in [2.24, 2.45) is 0 Å². The summed E-state index contributed by atoms with van der Waals surface area (Å²) >= 11 is 8.27. The quantitative estimate of drug-likeness (QED) is 0.317. The van der Waals surface area contributed by atoms with Crippen LogP contribution < -0.4 is 5.32 Å². The molecule has 0 saturated heterocycles. The summed E-state index contributed by atoms with van der Waals surface area (Å²) in [7, 11) is 2.14. The molecule has 0 unspecified atom stereocenters. The number of likely N-dealkylation sites (N-methyl/N-ethyl adjacent to an activating group) is 1. The van der Waals surface area contributed by atoms with Gasteiger partial charge in [-0.1, -0.05) is 29.8 Å². The number of aromatic nitrogens is 1. The lowest BCUT2D eigenvalue weighted by Crippen LogP contribution is -2.38. The van der Waals surface area contributed by atoms with Crippen molar-refractivity contribution < 1.29 is 9.18 Å². The largest absolute Gasteiger partial charge is 0.323 e. The zero-order valence-corrected chi connectivity index (χ0v) is 21.7. The Morgan fingerprint density at radius 1 is 1.11 bits per heavy atom.